The zero-order valence-corrected chi connectivity index (χ0v) is 14.7. The molecule has 0 aliphatic carbocycles. The first-order valence-corrected chi connectivity index (χ1v) is 8.44. The van der Waals surface area contributed by atoms with Crippen molar-refractivity contribution in [3.8, 4) is 0 Å². The lowest BCUT2D eigenvalue weighted by molar-refractivity contribution is -0.149. The number of esters is 1. The average Bonchev–Trinajstić information content (AvgIpc) is 3.03. The topological polar surface area (TPSA) is 54.5 Å². The van der Waals surface area contributed by atoms with Crippen molar-refractivity contribution >= 4 is 35.2 Å². The fraction of sp³-hybridized carbons (Fsp3) is 0.200. The minimum absolute atomic E-state index is 0.275. The van der Waals surface area contributed by atoms with Crippen LogP contribution in [0.5, 0.6) is 0 Å². The molecule has 1 atom stereocenters. The van der Waals surface area contributed by atoms with Crippen molar-refractivity contribution in [2.45, 2.75) is 18.9 Å². The van der Waals surface area contributed by atoms with Crippen LogP contribution in [0.15, 0.2) is 59.7 Å². The minimum atomic E-state index is -1.22. The summed E-state index contributed by atoms with van der Waals surface area (Å²) >= 11 is 6.00. The van der Waals surface area contributed by atoms with Crippen molar-refractivity contribution in [1.82, 2.24) is 4.98 Å². The lowest BCUT2D eigenvalue weighted by Gasteiger charge is -2.27. The van der Waals surface area contributed by atoms with Crippen LogP contribution in [0.3, 0.4) is 0 Å². The maximum absolute atomic E-state index is 12.8. The van der Waals surface area contributed by atoms with Crippen molar-refractivity contribution < 1.29 is 9.53 Å². The Morgan fingerprint density at radius 3 is 2.64 bits per heavy atom. The van der Waals surface area contributed by atoms with Gasteiger partial charge in [-0.3, -0.25) is 4.99 Å². The number of carbonyl (C=O) groups excluding carboxylic acids is 1. The summed E-state index contributed by atoms with van der Waals surface area (Å²) in [5.41, 5.74) is 1.48. The van der Waals surface area contributed by atoms with Crippen LogP contribution in [0, 0.1) is 0 Å². The van der Waals surface area contributed by atoms with Crippen molar-refractivity contribution in [2.75, 3.05) is 6.61 Å². The quantitative estimate of drug-likeness (QED) is 0.522. The predicted octanol–water partition coefficient (Wildman–Crippen LogP) is 4.52. The predicted molar refractivity (Wildman–Crippen MR) is 101 cm³/mol. The first-order chi connectivity index (χ1) is 12.1. The summed E-state index contributed by atoms with van der Waals surface area (Å²) in [5.74, 6) is -0.419. The Hall–Kier alpha value is -2.59. The Bertz CT molecular complexity index is 901. The molecule has 5 heteroatoms. The molecular formula is C20H19ClN2O2. The van der Waals surface area contributed by atoms with Crippen LogP contribution in [0.25, 0.3) is 10.9 Å². The zero-order valence-electron chi connectivity index (χ0n) is 14.0. The fourth-order valence-corrected chi connectivity index (χ4v) is 3.16. The highest BCUT2D eigenvalue weighted by Crippen LogP contribution is 2.34. The van der Waals surface area contributed by atoms with E-state index in [1.165, 1.54) is 0 Å². The van der Waals surface area contributed by atoms with Gasteiger partial charge in [0.15, 0.2) is 5.54 Å². The number of aromatic nitrogens is 1. The SMILES string of the molecule is C=NC(Cc1c[nH]c2ccccc12)(C(=O)OCC)c1ccc(Cl)cc1. The van der Waals surface area contributed by atoms with Crippen molar-refractivity contribution in [3.63, 3.8) is 0 Å². The Morgan fingerprint density at radius 1 is 1.24 bits per heavy atom. The molecule has 0 amide bonds. The standard InChI is InChI=1S/C20H19ClN2O2/c1-3-25-19(24)20(22-2,15-8-10-16(21)11-9-15)12-14-13-23-18-7-5-4-6-17(14)18/h4-11,13,23H,2-3,12H2,1H3. The van der Waals surface area contributed by atoms with E-state index in [0.717, 1.165) is 16.5 Å². The number of carbonyl (C=O) groups is 1. The number of aliphatic imine (C=N–C) groups is 1. The van der Waals surface area contributed by atoms with Gasteiger partial charge in [-0.05, 0) is 43.0 Å². The van der Waals surface area contributed by atoms with Gasteiger partial charge in [-0.15, -0.1) is 0 Å². The second-order valence-corrected chi connectivity index (χ2v) is 6.22. The first kappa shape index (κ1) is 17.2. The molecule has 0 saturated carbocycles. The number of nitrogens with one attached hydrogen (secondary N) is 1. The summed E-state index contributed by atoms with van der Waals surface area (Å²) in [6, 6.07) is 15.0. The van der Waals surface area contributed by atoms with Gasteiger partial charge in [-0.25, -0.2) is 4.79 Å². The monoisotopic (exact) mass is 354 g/mol. The van der Waals surface area contributed by atoms with Crippen LogP contribution in [0.2, 0.25) is 5.02 Å². The third-order valence-corrected chi connectivity index (χ3v) is 4.58. The second-order valence-electron chi connectivity index (χ2n) is 5.78. The maximum Gasteiger partial charge on any atom is 0.338 e. The summed E-state index contributed by atoms with van der Waals surface area (Å²) in [6.45, 7) is 5.75. The van der Waals surface area contributed by atoms with Crippen molar-refractivity contribution in [2.24, 2.45) is 4.99 Å². The number of hydrogen-bond acceptors (Lipinski definition) is 3. The molecule has 1 unspecified atom stereocenters. The summed E-state index contributed by atoms with van der Waals surface area (Å²) in [5, 5.41) is 1.64. The van der Waals surface area contributed by atoms with Gasteiger partial charge in [0, 0.05) is 28.5 Å². The highest BCUT2D eigenvalue weighted by Gasteiger charge is 2.41. The number of ether oxygens (including phenoxy) is 1. The van der Waals surface area contributed by atoms with E-state index >= 15 is 0 Å². The van der Waals surface area contributed by atoms with Gasteiger partial charge in [0.1, 0.15) is 0 Å². The summed E-state index contributed by atoms with van der Waals surface area (Å²) in [7, 11) is 0. The number of benzene rings is 2. The number of rotatable bonds is 6. The molecule has 3 rings (SSSR count). The molecule has 25 heavy (non-hydrogen) atoms. The van der Waals surface area contributed by atoms with Crippen LogP contribution in [0.1, 0.15) is 18.1 Å². The molecule has 1 heterocycles. The number of H-pyrrole nitrogens is 1. The molecule has 0 saturated heterocycles. The summed E-state index contributed by atoms with van der Waals surface area (Å²) in [6.07, 6.45) is 2.25. The van der Waals surface area contributed by atoms with E-state index in [4.69, 9.17) is 16.3 Å². The van der Waals surface area contributed by atoms with Gasteiger partial charge < -0.3 is 9.72 Å². The Labute approximate surface area is 151 Å². The summed E-state index contributed by atoms with van der Waals surface area (Å²) < 4.78 is 5.33. The van der Waals surface area contributed by atoms with Crippen LogP contribution in [-0.4, -0.2) is 24.3 Å². The highest BCUT2D eigenvalue weighted by molar-refractivity contribution is 6.30. The molecule has 0 fully saturated rings. The number of para-hydroxylation sites is 1. The van der Waals surface area contributed by atoms with Crippen LogP contribution >= 0.6 is 11.6 Å². The van der Waals surface area contributed by atoms with E-state index in [1.807, 2.05) is 30.5 Å². The highest BCUT2D eigenvalue weighted by atomic mass is 35.5. The molecule has 0 spiro atoms. The summed E-state index contributed by atoms with van der Waals surface area (Å²) in [4.78, 5) is 20.3. The minimum Gasteiger partial charge on any atom is -0.464 e. The molecule has 0 bridgehead atoms. The molecular weight excluding hydrogens is 336 g/mol. The third-order valence-electron chi connectivity index (χ3n) is 4.33. The van der Waals surface area contributed by atoms with Gasteiger partial charge in [0.25, 0.3) is 0 Å². The maximum atomic E-state index is 12.8. The number of halogens is 1. The Kier molecular flexibility index (Phi) is 4.91. The molecule has 128 valence electrons. The van der Waals surface area contributed by atoms with Gasteiger partial charge in [0.2, 0.25) is 0 Å². The van der Waals surface area contributed by atoms with Gasteiger partial charge >= 0.3 is 5.97 Å². The first-order valence-electron chi connectivity index (χ1n) is 8.07. The largest absolute Gasteiger partial charge is 0.464 e. The van der Waals surface area contributed by atoms with E-state index in [1.54, 1.807) is 31.2 Å². The molecule has 1 N–H and O–H groups in total. The normalized spacial score (nSPS) is 13.4. The number of hydrogen-bond donors (Lipinski definition) is 1. The Balaban J connectivity index is 2.11. The van der Waals surface area contributed by atoms with E-state index < -0.39 is 11.5 Å². The molecule has 2 aromatic carbocycles. The van der Waals surface area contributed by atoms with E-state index in [-0.39, 0.29) is 6.61 Å². The smallest absolute Gasteiger partial charge is 0.338 e. The van der Waals surface area contributed by atoms with E-state index in [0.29, 0.717) is 17.0 Å². The van der Waals surface area contributed by atoms with Crippen LogP contribution < -0.4 is 0 Å². The Morgan fingerprint density at radius 2 is 1.96 bits per heavy atom. The molecule has 0 aliphatic heterocycles. The van der Waals surface area contributed by atoms with Gasteiger partial charge in [-0.2, -0.15) is 0 Å². The fourth-order valence-electron chi connectivity index (χ4n) is 3.03. The molecule has 4 nitrogen and oxygen atoms in total. The van der Waals surface area contributed by atoms with Gasteiger partial charge in [-0.1, -0.05) is 41.9 Å². The van der Waals surface area contributed by atoms with Crippen LogP contribution in [-0.2, 0) is 21.5 Å². The zero-order chi connectivity index (χ0) is 17.9. The average molecular weight is 355 g/mol. The third kappa shape index (κ3) is 3.17. The number of aromatic amines is 1. The number of fused-ring (bicyclic) bond motifs is 1. The van der Waals surface area contributed by atoms with Gasteiger partial charge in [0.05, 0.1) is 6.61 Å². The van der Waals surface area contributed by atoms with E-state index in [2.05, 4.69) is 16.7 Å². The molecule has 3 aromatic rings. The molecule has 0 radical (unpaired) electrons. The van der Waals surface area contributed by atoms with Crippen LogP contribution in [0.4, 0.5) is 0 Å². The van der Waals surface area contributed by atoms with E-state index in [9.17, 15) is 4.79 Å². The molecule has 0 aliphatic rings. The lowest BCUT2D eigenvalue weighted by Crippen LogP contribution is -2.38. The molecule has 1 aromatic heterocycles. The van der Waals surface area contributed by atoms with Crippen molar-refractivity contribution in [3.05, 3.63) is 70.9 Å². The van der Waals surface area contributed by atoms with Crippen molar-refractivity contribution in [1.29, 1.82) is 0 Å². The second kappa shape index (κ2) is 7.11. The lowest BCUT2D eigenvalue weighted by atomic mass is 9.84. The number of nitrogens with zero attached hydrogens (tertiary/aromatic N) is 1.